The zero-order valence-electron chi connectivity index (χ0n) is 7.35. The summed E-state index contributed by atoms with van der Waals surface area (Å²) in [5, 5.41) is 3.33. The van der Waals surface area contributed by atoms with Crippen molar-refractivity contribution >= 4 is 5.91 Å². The van der Waals surface area contributed by atoms with E-state index in [2.05, 4.69) is 5.32 Å². The lowest BCUT2D eigenvalue weighted by molar-refractivity contribution is -0.922. The SMILES string of the molecule is CC(=O)[N+]12CCNCC1CC2.[Br-]. The molecule has 2 saturated heterocycles. The van der Waals surface area contributed by atoms with Crippen LogP contribution >= 0.6 is 0 Å². The maximum atomic E-state index is 11.3. The number of hydrogen-bond acceptors (Lipinski definition) is 2. The molecule has 2 fully saturated rings. The maximum absolute atomic E-state index is 11.3. The van der Waals surface area contributed by atoms with Crippen LogP contribution in [0.15, 0.2) is 0 Å². The number of rotatable bonds is 0. The fraction of sp³-hybridized carbons (Fsp3) is 0.875. The van der Waals surface area contributed by atoms with Gasteiger partial charge < -0.3 is 22.3 Å². The van der Waals surface area contributed by atoms with Gasteiger partial charge in [-0.3, -0.25) is 4.48 Å². The average Bonchev–Trinajstić information content (AvgIpc) is 1.91. The molecule has 2 aliphatic rings. The number of fused-ring (bicyclic) bond motifs is 1. The van der Waals surface area contributed by atoms with Gasteiger partial charge in [0.25, 0.3) is 0 Å². The highest BCUT2D eigenvalue weighted by atomic mass is 79.9. The monoisotopic (exact) mass is 234 g/mol. The first kappa shape index (κ1) is 10.2. The van der Waals surface area contributed by atoms with Crippen molar-refractivity contribution in [1.29, 1.82) is 0 Å². The molecule has 2 unspecified atom stereocenters. The summed E-state index contributed by atoms with van der Waals surface area (Å²) in [4.78, 5) is 11.3. The molecule has 0 aromatic heterocycles. The van der Waals surface area contributed by atoms with Crippen LogP contribution < -0.4 is 22.3 Å². The van der Waals surface area contributed by atoms with Crippen LogP contribution in [0.5, 0.6) is 0 Å². The molecule has 0 aliphatic carbocycles. The summed E-state index contributed by atoms with van der Waals surface area (Å²) < 4.78 is 0.771. The van der Waals surface area contributed by atoms with Crippen molar-refractivity contribution in [3.05, 3.63) is 0 Å². The van der Waals surface area contributed by atoms with Crippen LogP contribution in [-0.2, 0) is 4.79 Å². The molecule has 2 rings (SSSR count). The molecule has 0 radical (unpaired) electrons. The standard InChI is InChI=1S/C8H15N2O.BrH/c1-7(11)10-4-2-8(10)6-9-3-5-10;/h8-9H,2-6H2,1H3;1H/q+1;/p-1. The molecule has 0 spiro atoms. The number of nitrogens with zero attached hydrogens (tertiary/aromatic N) is 1. The van der Waals surface area contributed by atoms with Crippen LogP contribution in [0.4, 0.5) is 0 Å². The van der Waals surface area contributed by atoms with Crippen molar-refractivity contribution in [2.24, 2.45) is 0 Å². The first-order valence-corrected chi connectivity index (χ1v) is 4.34. The lowest BCUT2D eigenvalue weighted by Crippen LogP contribution is -3.00. The van der Waals surface area contributed by atoms with Crippen LogP contribution in [0.3, 0.4) is 0 Å². The molecule has 4 heteroatoms. The van der Waals surface area contributed by atoms with E-state index in [0.29, 0.717) is 11.9 Å². The second-order valence-electron chi connectivity index (χ2n) is 3.65. The largest absolute Gasteiger partial charge is 1.00 e. The van der Waals surface area contributed by atoms with Crippen LogP contribution in [0.25, 0.3) is 0 Å². The molecule has 1 N–H and O–H groups in total. The number of amides is 1. The van der Waals surface area contributed by atoms with Gasteiger partial charge in [-0.15, -0.1) is 0 Å². The molecule has 70 valence electrons. The van der Waals surface area contributed by atoms with E-state index in [0.717, 1.165) is 30.7 Å². The minimum atomic E-state index is 0. The third-order valence-electron chi connectivity index (χ3n) is 3.26. The Morgan fingerprint density at radius 1 is 1.50 bits per heavy atom. The van der Waals surface area contributed by atoms with E-state index < -0.39 is 0 Å². The summed E-state index contributed by atoms with van der Waals surface area (Å²) >= 11 is 0. The maximum Gasteiger partial charge on any atom is 0.310 e. The number of carbonyl (C=O) groups is 1. The molecule has 12 heavy (non-hydrogen) atoms. The van der Waals surface area contributed by atoms with E-state index in [1.54, 1.807) is 6.92 Å². The second kappa shape index (κ2) is 3.44. The quantitative estimate of drug-likeness (QED) is 0.446. The predicted octanol–water partition coefficient (Wildman–Crippen LogP) is -3.27. The van der Waals surface area contributed by atoms with Crippen molar-refractivity contribution in [3.8, 4) is 0 Å². The Bertz CT molecular complexity index is 197. The third kappa shape index (κ3) is 1.22. The van der Waals surface area contributed by atoms with E-state index >= 15 is 0 Å². The second-order valence-corrected chi connectivity index (χ2v) is 3.65. The van der Waals surface area contributed by atoms with E-state index in [-0.39, 0.29) is 17.0 Å². The first-order chi connectivity index (χ1) is 5.26. The van der Waals surface area contributed by atoms with E-state index in [4.69, 9.17) is 0 Å². The Hall–Kier alpha value is 0.0700. The number of hydrogen-bond donors (Lipinski definition) is 1. The fourth-order valence-corrected chi connectivity index (χ4v) is 2.31. The summed E-state index contributed by atoms with van der Waals surface area (Å²) in [6, 6.07) is 0.598. The highest BCUT2D eigenvalue weighted by Gasteiger charge is 2.51. The highest BCUT2D eigenvalue weighted by molar-refractivity contribution is 5.66. The molecule has 0 aromatic rings. The van der Waals surface area contributed by atoms with Crippen molar-refractivity contribution in [2.75, 3.05) is 26.2 Å². The molecule has 0 aromatic carbocycles. The minimum Gasteiger partial charge on any atom is -1.00 e. The molecular weight excluding hydrogens is 220 g/mol. The Balaban J connectivity index is 0.000000720. The van der Waals surface area contributed by atoms with Crippen molar-refractivity contribution < 1.29 is 26.3 Å². The van der Waals surface area contributed by atoms with Gasteiger partial charge in [-0.25, -0.2) is 4.79 Å². The van der Waals surface area contributed by atoms with Gasteiger partial charge in [0.2, 0.25) is 0 Å². The molecule has 0 bridgehead atoms. The highest BCUT2D eigenvalue weighted by Crippen LogP contribution is 2.29. The summed E-state index contributed by atoms with van der Waals surface area (Å²) in [6.07, 6.45) is 1.23. The summed E-state index contributed by atoms with van der Waals surface area (Å²) in [6.45, 7) is 5.88. The summed E-state index contributed by atoms with van der Waals surface area (Å²) in [5.74, 6) is 0.364. The zero-order chi connectivity index (χ0) is 7.90. The molecule has 2 aliphatic heterocycles. The number of quaternary nitrogens is 1. The number of halogens is 1. The Morgan fingerprint density at radius 2 is 2.25 bits per heavy atom. The molecule has 2 heterocycles. The summed E-state index contributed by atoms with van der Waals surface area (Å²) in [7, 11) is 0. The summed E-state index contributed by atoms with van der Waals surface area (Å²) in [5.41, 5.74) is 0. The lowest BCUT2D eigenvalue weighted by atomic mass is 9.94. The fourth-order valence-electron chi connectivity index (χ4n) is 2.31. The normalized spacial score (nSPS) is 38.9. The zero-order valence-corrected chi connectivity index (χ0v) is 8.93. The van der Waals surface area contributed by atoms with E-state index in [1.165, 1.54) is 6.42 Å². The molecule has 1 amide bonds. The molecular formula is C8H15BrN2O. The van der Waals surface area contributed by atoms with Crippen LogP contribution in [0.2, 0.25) is 0 Å². The minimum absolute atomic E-state index is 0. The van der Waals surface area contributed by atoms with Gasteiger partial charge in [0.1, 0.15) is 6.04 Å². The van der Waals surface area contributed by atoms with Crippen molar-refractivity contribution in [2.45, 2.75) is 19.4 Å². The Labute approximate surface area is 83.5 Å². The van der Waals surface area contributed by atoms with Crippen LogP contribution in [0.1, 0.15) is 13.3 Å². The van der Waals surface area contributed by atoms with Crippen molar-refractivity contribution in [3.63, 3.8) is 0 Å². The van der Waals surface area contributed by atoms with Gasteiger partial charge in [0.05, 0.1) is 26.4 Å². The van der Waals surface area contributed by atoms with Crippen molar-refractivity contribution in [1.82, 2.24) is 5.32 Å². The van der Waals surface area contributed by atoms with E-state index in [9.17, 15) is 4.79 Å². The van der Waals surface area contributed by atoms with Crippen LogP contribution in [-0.4, -0.2) is 42.6 Å². The van der Waals surface area contributed by atoms with Gasteiger partial charge >= 0.3 is 5.91 Å². The number of piperazine rings is 1. The van der Waals surface area contributed by atoms with Crippen LogP contribution in [0, 0.1) is 0 Å². The number of nitrogens with one attached hydrogen (secondary N) is 1. The number of carbonyl (C=O) groups excluding carboxylic acids is 1. The van der Waals surface area contributed by atoms with Gasteiger partial charge in [-0.2, -0.15) is 0 Å². The lowest BCUT2D eigenvalue weighted by Gasteiger charge is -2.52. The average molecular weight is 235 g/mol. The predicted molar refractivity (Wildman–Crippen MR) is 42.0 cm³/mol. The van der Waals surface area contributed by atoms with Gasteiger partial charge in [-0.05, 0) is 0 Å². The Kier molecular flexibility index (Phi) is 2.91. The first-order valence-electron chi connectivity index (χ1n) is 4.34. The molecule has 3 nitrogen and oxygen atoms in total. The Morgan fingerprint density at radius 3 is 2.58 bits per heavy atom. The van der Waals surface area contributed by atoms with Gasteiger partial charge in [0.15, 0.2) is 0 Å². The van der Waals surface area contributed by atoms with E-state index in [1.807, 2.05) is 0 Å². The van der Waals surface area contributed by atoms with Gasteiger partial charge in [0, 0.05) is 13.1 Å². The molecule has 0 saturated carbocycles. The third-order valence-corrected chi connectivity index (χ3v) is 3.26. The van der Waals surface area contributed by atoms with Gasteiger partial charge in [-0.1, -0.05) is 0 Å². The topological polar surface area (TPSA) is 29.1 Å². The smallest absolute Gasteiger partial charge is 0.310 e. The molecule has 2 atom stereocenters.